The topological polar surface area (TPSA) is 88.0 Å². The number of para-hydroxylation sites is 1. The number of carbonyl (C=O) groups is 1. The number of halogens is 2. The summed E-state index contributed by atoms with van der Waals surface area (Å²) in [5.74, 6) is 0.402. The van der Waals surface area contributed by atoms with Gasteiger partial charge in [0.15, 0.2) is 0 Å². The first-order valence-corrected chi connectivity index (χ1v) is 9.86. The summed E-state index contributed by atoms with van der Waals surface area (Å²) < 4.78 is 2.64. The van der Waals surface area contributed by atoms with Gasteiger partial charge in [-0.05, 0) is 34.1 Å². The molecule has 1 saturated heterocycles. The summed E-state index contributed by atoms with van der Waals surface area (Å²) >= 11 is 9.70. The van der Waals surface area contributed by atoms with Gasteiger partial charge in [-0.15, -0.1) is 0 Å². The number of likely N-dealkylation sites (tertiary alicyclic amines) is 1. The molecule has 144 valence electrons. The zero-order valence-electron chi connectivity index (χ0n) is 15.1. The average molecular weight is 462 g/mol. The van der Waals surface area contributed by atoms with Crippen molar-refractivity contribution in [1.29, 1.82) is 0 Å². The second kappa shape index (κ2) is 7.44. The van der Waals surface area contributed by atoms with Crippen molar-refractivity contribution in [3.05, 3.63) is 57.8 Å². The van der Waals surface area contributed by atoms with E-state index in [0.29, 0.717) is 35.1 Å². The third kappa shape index (κ3) is 3.57. The number of amides is 1. The first kappa shape index (κ1) is 18.8. The molecule has 2 aromatic heterocycles. The van der Waals surface area contributed by atoms with Gasteiger partial charge in [0.05, 0.1) is 39.7 Å². The number of nitrogens with two attached hydrogens (primary N) is 1. The van der Waals surface area contributed by atoms with Crippen molar-refractivity contribution < 1.29 is 4.79 Å². The molecule has 1 unspecified atom stereocenters. The smallest absolute Gasteiger partial charge is 0.224 e. The van der Waals surface area contributed by atoms with Gasteiger partial charge in [0.25, 0.3) is 0 Å². The molecule has 3 N–H and O–H groups in total. The molecule has 1 amide bonds. The number of rotatable bonds is 4. The Morgan fingerprint density at radius 1 is 1.43 bits per heavy atom. The summed E-state index contributed by atoms with van der Waals surface area (Å²) in [6.07, 6.45) is 3.95. The number of nitrogens with one attached hydrogen (secondary N) is 1. The van der Waals surface area contributed by atoms with Crippen LogP contribution in [0.3, 0.4) is 0 Å². The highest BCUT2D eigenvalue weighted by Crippen LogP contribution is 2.29. The summed E-state index contributed by atoms with van der Waals surface area (Å²) in [5, 5.41) is 8.41. The molecule has 1 fully saturated rings. The molecule has 0 bridgehead atoms. The van der Waals surface area contributed by atoms with Gasteiger partial charge in [-0.25, -0.2) is 9.51 Å². The number of hydrogen-bond donors (Lipinski definition) is 2. The molecule has 7 nitrogen and oxygen atoms in total. The van der Waals surface area contributed by atoms with E-state index in [1.807, 2.05) is 24.4 Å². The van der Waals surface area contributed by atoms with Crippen LogP contribution in [0.2, 0.25) is 5.02 Å². The molecule has 3 aromatic rings. The Kier molecular flexibility index (Phi) is 4.99. The zero-order chi connectivity index (χ0) is 19.8. The number of benzene rings is 1. The van der Waals surface area contributed by atoms with Gasteiger partial charge < -0.3 is 16.0 Å². The monoisotopic (exact) mass is 460 g/mol. The highest BCUT2D eigenvalue weighted by molar-refractivity contribution is 9.10. The Hall–Kier alpha value is -2.58. The SMILES string of the molecule is CN1CC(Nc2c(C(N)=Nc3ccccc3Cl)cnn3cc(Br)cc23)CC1=O. The Morgan fingerprint density at radius 3 is 2.93 bits per heavy atom. The van der Waals surface area contributed by atoms with Crippen LogP contribution in [0.5, 0.6) is 0 Å². The molecular formula is C19H18BrClN6O. The molecule has 1 aliphatic rings. The molecular weight excluding hydrogens is 444 g/mol. The Balaban J connectivity index is 1.79. The molecule has 4 rings (SSSR count). The zero-order valence-corrected chi connectivity index (χ0v) is 17.4. The van der Waals surface area contributed by atoms with Crippen molar-refractivity contribution in [2.24, 2.45) is 10.7 Å². The number of likely N-dealkylation sites (N-methyl/N-ethyl adjacent to an activating group) is 1. The van der Waals surface area contributed by atoms with Crippen molar-refractivity contribution in [1.82, 2.24) is 14.5 Å². The van der Waals surface area contributed by atoms with E-state index in [1.165, 1.54) is 0 Å². The predicted molar refractivity (Wildman–Crippen MR) is 114 cm³/mol. The van der Waals surface area contributed by atoms with E-state index in [2.05, 4.69) is 31.3 Å². The number of anilines is 1. The van der Waals surface area contributed by atoms with Crippen molar-refractivity contribution in [2.45, 2.75) is 12.5 Å². The first-order chi connectivity index (χ1) is 13.4. The van der Waals surface area contributed by atoms with Crippen LogP contribution in [0.15, 0.2) is 52.2 Å². The van der Waals surface area contributed by atoms with Gasteiger partial charge in [0.1, 0.15) is 5.84 Å². The molecule has 0 aliphatic carbocycles. The Morgan fingerprint density at radius 2 is 2.21 bits per heavy atom. The van der Waals surface area contributed by atoms with Gasteiger partial charge in [-0.1, -0.05) is 23.7 Å². The lowest BCUT2D eigenvalue weighted by atomic mass is 10.1. The van der Waals surface area contributed by atoms with Gasteiger partial charge >= 0.3 is 0 Å². The maximum Gasteiger partial charge on any atom is 0.224 e. The molecule has 3 heterocycles. The summed E-state index contributed by atoms with van der Waals surface area (Å²) in [4.78, 5) is 18.1. The minimum atomic E-state index is -0.0239. The molecule has 1 aliphatic heterocycles. The van der Waals surface area contributed by atoms with E-state index in [9.17, 15) is 4.79 Å². The number of hydrogen-bond acceptors (Lipinski definition) is 4. The second-order valence-electron chi connectivity index (χ2n) is 6.69. The fourth-order valence-corrected chi connectivity index (χ4v) is 3.86. The molecule has 1 atom stereocenters. The molecule has 9 heteroatoms. The normalized spacial score (nSPS) is 17.5. The number of aliphatic imine (C=N–C) groups is 1. The van der Waals surface area contributed by atoms with Crippen LogP contribution < -0.4 is 11.1 Å². The van der Waals surface area contributed by atoms with E-state index in [1.54, 1.807) is 34.8 Å². The second-order valence-corrected chi connectivity index (χ2v) is 8.01. The van der Waals surface area contributed by atoms with Crippen LogP contribution in [0.4, 0.5) is 11.4 Å². The first-order valence-electron chi connectivity index (χ1n) is 8.69. The van der Waals surface area contributed by atoms with E-state index in [4.69, 9.17) is 17.3 Å². The number of nitrogens with zero attached hydrogens (tertiary/aromatic N) is 4. The highest BCUT2D eigenvalue weighted by Gasteiger charge is 2.28. The maximum absolute atomic E-state index is 11.9. The number of carbonyl (C=O) groups excluding carboxylic acids is 1. The largest absolute Gasteiger partial charge is 0.383 e. The van der Waals surface area contributed by atoms with Crippen LogP contribution >= 0.6 is 27.5 Å². The minimum absolute atomic E-state index is 0.0239. The van der Waals surface area contributed by atoms with Crippen LogP contribution in [0, 0.1) is 0 Å². The van der Waals surface area contributed by atoms with Crippen LogP contribution in [0.1, 0.15) is 12.0 Å². The fourth-order valence-electron chi connectivity index (χ4n) is 3.27. The van der Waals surface area contributed by atoms with Crippen molar-refractivity contribution >= 4 is 56.2 Å². The lowest BCUT2D eigenvalue weighted by Gasteiger charge is -2.18. The molecule has 0 saturated carbocycles. The molecule has 0 radical (unpaired) electrons. The lowest BCUT2D eigenvalue weighted by molar-refractivity contribution is -0.126. The highest BCUT2D eigenvalue weighted by atomic mass is 79.9. The third-order valence-electron chi connectivity index (χ3n) is 4.66. The Labute approximate surface area is 175 Å². The van der Waals surface area contributed by atoms with E-state index in [-0.39, 0.29) is 11.9 Å². The predicted octanol–water partition coefficient (Wildman–Crippen LogP) is 3.43. The van der Waals surface area contributed by atoms with Gasteiger partial charge in [0, 0.05) is 30.7 Å². The molecule has 0 spiro atoms. The minimum Gasteiger partial charge on any atom is -0.383 e. The Bertz CT molecular complexity index is 1100. The van der Waals surface area contributed by atoms with Crippen molar-refractivity contribution in [3.8, 4) is 0 Å². The summed E-state index contributed by atoms with van der Waals surface area (Å²) in [5.41, 5.74) is 9.19. The molecule has 1 aromatic carbocycles. The number of amidine groups is 1. The van der Waals surface area contributed by atoms with Crippen molar-refractivity contribution in [2.75, 3.05) is 18.9 Å². The quantitative estimate of drug-likeness (QED) is 0.460. The van der Waals surface area contributed by atoms with E-state index < -0.39 is 0 Å². The van der Waals surface area contributed by atoms with Crippen LogP contribution in [0.25, 0.3) is 5.52 Å². The van der Waals surface area contributed by atoms with Crippen LogP contribution in [-0.2, 0) is 4.79 Å². The van der Waals surface area contributed by atoms with Gasteiger partial charge in [0.2, 0.25) is 5.91 Å². The van der Waals surface area contributed by atoms with E-state index >= 15 is 0 Å². The number of fused-ring (bicyclic) bond motifs is 1. The average Bonchev–Trinajstić information content (AvgIpc) is 3.18. The number of aromatic nitrogens is 2. The van der Waals surface area contributed by atoms with Gasteiger partial charge in [-0.2, -0.15) is 5.10 Å². The van der Waals surface area contributed by atoms with Crippen molar-refractivity contribution in [3.63, 3.8) is 0 Å². The fraction of sp³-hybridized carbons (Fsp3) is 0.211. The van der Waals surface area contributed by atoms with Gasteiger partial charge in [-0.3, -0.25) is 4.79 Å². The van der Waals surface area contributed by atoms with E-state index in [0.717, 1.165) is 15.7 Å². The summed E-state index contributed by atoms with van der Waals surface area (Å²) in [7, 11) is 1.80. The summed E-state index contributed by atoms with van der Waals surface area (Å²) in [6, 6.07) is 9.17. The maximum atomic E-state index is 11.9. The van der Waals surface area contributed by atoms with Crippen LogP contribution in [-0.4, -0.2) is 45.9 Å². The standard InChI is InChI=1S/C19H18BrClN6O/c1-26-10-12(7-17(26)28)24-18-13(8-23-27-9-11(20)6-16(18)27)19(22)25-15-5-3-2-4-14(15)21/h2-6,8-9,12,24H,7,10H2,1H3,(H2,22,25). The summed E-state index contributed by atoms with van der Waals surface area (Å²) in [6.45, 7) is 0.621. The lowest BCUT2D eigenvalue weighted by Crippen LogP contribution is -2.26. The third-order valence-corrected chi connectivity index (χ3v) is 5.42. The molecule has 28 heavy (non-hydrogen) atoms.